The third-order valence-corrected chi connectivity index (χ3v) is 4.44. The lowest BCUT2D eigenvalue weighted by molar-refractivity contribution is 0.223. The van der Waals surface area contributed by atoms with Crippen molar-refractivity contribution in [2.24, 2.45) is 10.9 Å². The van der Waals surface area contributed by atoms with Crippen LogP contribution in [0.1, 0.15) is 45.4 Å². The Balaban J connectivity index is 0.00000484. The summed E-state index contributed by atoms with van der Waals surface area (Å²) in [6.07, 6.45) is 9.45. The molecule has 1 aliphatic rings. The number of nitrogens with one attached hydrogen (secondary N) is 1. The topological polar surface area (TPSA) is 30.9 Å². The first-order valence-electron chi connectivity index (χ1n) is 8.96. The van der Waals surface area contributed by atoms with Gasteiger partial charge >= 0.3 is 0 Å². The zero-order valence-electron chi connectivity index (χ0n) is 15.4. The van der Waals surface area contributed by atoms with Gasteiger partial charge in [0.2, 0.25) is 0 Å². The summed E-state index contributed by atoms with van der Waals surface area (Å²) in [6, 6.07) is 0. The van der Waals surface area contributed by atoms with E-state index in [2.05, 4.69) is 42.7 Å². The summed E-state index contributed by atoms with van der Waals surface area (Å²) in [4.78, 5) is 9.58. The Hall–Kier alpha value is -0.300. The lowest BCUT2D eigenvalue weighted by Crippen LogP contribution is -2.40. The molecule has 1 heterocycles. The average molecular weight is 436 g/mol. The van der Waals surface area contributed by atoms with Crippen LogP contribution in [0.15, 0.2) is 17.6 Å². The SMILES string of the molecule is C=CCCCCCN(C)C(=NCC1CCN(C)CC1)NCC.I. The van der Waals surface area contributed by atoms with Gasteiger partial charge < -0.3 is 15.1 Å². The number of allylic oxidation sites excluding steroid dienone is 1. The van der Waals surface area contributed by atoms with E-state index in [-0.39, 0.29) is 24.0 Å². The summed E-state index contributed by atoms with van der Waals surface area (Å²) < 4.78 is 0. The Kier molecular flexibility index (Phi) is 13.9. The fourth-order valence-corrected chi connectivity index (χ4v) is 2.85. The molecule has 0 unspecified atom stereocenters. The Labute approximate surface area is 160 Å². The fourth-order valence-electron chi connectivity index (χ4n) is 2.85. The molecule has 0 spiro atoms. The van der Waals surface area contributed by atoms with Crippen LogP contribution >= 0.6 is 24.0 Å². The van der Waals surface area contributed by atoms with Gasteiger partial charge in [0, 0.05) is 26.7 Å². The van der Waals surface area contributed by atoms with Gasteiger partial charge in [0.25, 0.3) is 0 Å². The van der Waals surface area contributed by atoms with E-state index in [1.165, 1.54) is 45.2 Å². The quantitative estimate of drug-likeness (QED) is 0.197. The predicted molar refractivity (Wildman–Crippen MR) is 113 cm³/mol. The van der Waals surface area contributed by atoms with E-state index in [1.807, 2.05) is 6.08 Å². The number of guanidine groups is 1. The molecule has 1 rings (SSSR count). The number of halogens is 1. The van der Waals surface area contributed by atoms with Crippen LogP contribution in [0.4, 0.5) is 0 Å². The molecule has 1 N–H and O–H groups in total. The molecule has 4 nitrogen and oxygen atoms in total. The van der Waals surface area contributed by atoms with Crippen molar-refractivity contribution < 1.29 is 0 Å². The smallest absolute Gasteiger partial charge is 0.193 e. The van der Waals surface area contributed by atoms with Gasteiger partial charge in [-0.3, -0.25) is 4.99 Å². The molecule has 0 bridgehead atoms. The summed E-state index contributed by atoms with van der Waals surface area (Å²) in [5, 5.41) is 3.43. The van der Waals surface area contributed by atoms with E-state index in [1.54, 1.807) is 0 Å². The van der Waals surface area contributed by atoms with Crippen LogP contribution in [0.5, 0.6) is 0 Å². The van der Waals surface area contributed by atoms with Crippen molar-refractivity contribution in [3.63, 3.8) is 0 Å². The Morgan fingerprint density at radius 1 is 1.30 bits per heavy atom. The van der Waals surface area contributed by atoms with Crippen LogP contribution in [0.2, 0.25) is 0 Å². The maximum atomic E-state index is 4.87. The summed E-state index contributed by atoms with van der Waals surface area (Å²) in [6.45, 7) is 11.3. The molecule has 0 saturated carbocycles. The van der Waals surface area contributed by atoms with E-state index in [4.69, 9.17) is 4.99 Å². The second kappa shape index (κ2) is 14.1. The van der Waals surface area contributed by atoms with Gasteiger partial charge in [-0.25, -0.2) is 0 Å². The molecule has 1 fully saturated rings. The molecule has 0 amide bonds. The molecule has 1 aliphatic heterocycles. The van der Waals surface area contributed by atoms with E-state index in [0.717, 1.165) is 37.9 Å². The minimum absolute atomic E-state index is 0. The second-order valence-corrected chi connectivity index (χ2v) is 6.50. The zero-order chi connectivity index (χ0) is 16.2. The van der Waals surface area contributed by atoms with Gasteiger partial charge in [-0.2, -0.15) is 0 Å². The van der Waals surface area contributed by atoms with Crippen molar-refractivity contribution >= 4 is 29.9 Å². The van der Waals surface area contributed by atoms with E-state index >= 15 is 0 Å². The number of unbranched alkanes of at least 4 members (excludes halogenated alkanes) is 3. The van der Waals surface area contributed by atoms with E-state index in [9.17, 15) is 0 Å². The van der Waals surface area contributed by atoms with Gasteiger partial charge in [-0.05, 0) is 65.1 Å². The molecule has 0 aromatic heterocycles. The Bertz CT molecular complexity index is 325. The first-order valence-corrected chi connectivity index (χ1v) is 8.96. The maximum Gasteiger partial charge on any atom is 0.193 e. The zero-order valence-corrected chi connectivity index (χ0v) is 17.7. The fraction of sp³-hybridized carbons (Fsp3) is 0.833. The highest BCUT2D eigenvalue weighted by molar-refractivity contribution is 14.0. The van der Waals surface area contributed by atoms with Crippen molar-refractivity contribution in [3.05, 3.63) is 12.7 Å². The normalized spacial score (nSPS) is 16.7. The minimum atomic E-state index is 0. The summed E-state index contributed by atoms with van der Waals surface area (Å²) in [5.41, 5.74) is 0. The maximum absolute atomic E-state index is 4.87. The standard InChI is InChI=1S/C18H36N4.HI/c1-5-7-8-9-10-13-22(4)18(19-6-2)20-16-17-11-14-21(3)15-12-17;/h5,17H,1,6-16H2,2-4H3,(H,19,20);1H. The monoisotopic (exact) mass is 436 g/mol. The highest BCUT2D eigenvalue weighted by atomic mass is 127. The van der Waals surface area contributed by atoms with Gasteiger partial charge in [-0.15, -0.1) is 30.6 Å². The summed E-state index contributed by atoms with van der Waals surface area (Å²) in [7, 11) is 4.37. The summed E-state index contributed by atoms with van der Waals surface area (Å²) >= 11 is 0. The molecule has 0 aliphatic carbocycles. The van der Waals surface area contributed by atoms with Gasteiger partial charge in [-0.1, -0.05) is 12.5 Å². The number of aliphatic imine (C=N–C) groups is 1. The molecule has 23 heavy (non-hydrogen) atoms. The largest absolute Gasteiger partial charge is 0.357 e. The van der Waals surface area contributed by atoms with Gasteiger partial charge in [0.05, 0.1) is 0 Å². The van der Waals surface area contributed by atoms with Crippen LogP contribution in [0, 0.1) is 5.92 Å². The molecular weight excluding hydrogens is 399 g/mol. The van der Waals surface area contributed by atoms with Crippen molar-refractivity contribution in [1.82, 2.24) is 15.1 Å². The average Bonchev–Trinajstić information content (AvgIpc) is 2.52. The van der Waals surface area contributed by atoms with Crippen molar-refractivity contribution in [3.8, 4) is 0 Å². The summed E-state index contributed by atoms with van der Waals surface area (Å²) in [5.74, 6) is 1.83. The molecule has 5 heteroatoms. The predicted octanol–water partition coefficient (Wildman–Crippen LogP) is 3.59. The number of hydrogen-bond donors (Lipinski definition) is 1. The van der Waals surface area contributed by atoms with Crippen LogP contribution in [0.25, 0.3) is 0 Å². The molecule has 0 atom stereocenters. The van der Waals surface area contributed by atoms with Crippen molar-refractivity contribution in [1.29, 1.82) is 0 Å². The Morgan fingerprint density at radius 2 is 2.00 bits per heavy atom. The first-order chi connectivity index (χ1) is 10.7. The van der Waals surface area contributed by atoms with E-state index < -0.39 is 0 Å². The number of hydrogen-bond acceptors (Lipinski definition) is 2. The highest BCUT2D eigenvalue weighted by Crippen LogP contribution is 2.16. The third-order valence-electron chi connectivity index (χ3n) is 4.44. The van der Waals surface area contributed by atoms with E-state index in [0.29, 0.717) is 0 Å². The van der Waals surface area contributed by atoms with Crippen molar-refractivity contribution in [2.75, 3.05) is 46.8 Å². The van der Waals surface area contributed by atoms with Crippen molar-refractivity contribution in [2.45, 2.75) is 45.4 Å². The lowest BCUT2D eigenvalue weighted by atomic mass is 9.97. The van der Waals surface area contributed by atoms with Gasteiger partial charge in [0.15, 0.2) is 5.96 Å². The van der Waals surface area contributed by atoms with Gasteiger partial charge in [0.1, 0.15) is 0 Å². The minimum Gasteiger partial charge on any atom is -0.357 e. The van der Waals surface area contributed by atoms with Crippen LogP contribution < -0.4 is 5.32 Å². The molecule has 0 aromatic carbocycles. The lowest BCUT2D eigenvalue weighted by Gasteiger charge is -2.28. The highest BCUT2D eigenvalue weighted by Gasteiger charge is 2.16. The van der Waals surface area contributed by atoms with Crippen LogP contribution in [-0.4, -0.2) is 62.6 Å². The molecule has 0 aromatic rings. The molecule has 0 radical (unpaired) electrons. The van der Waals surface area contributed by atoms with Crippen LogP contribution in [-0.2, 0) is 0 Å². The number of rotatable bonds is 9. The number of piperidine rings is 1. The molecule has 1 saturated heterocycles. The number of nitrogens with zero attached hydrogens (tertiary/aromatic N) is 3. The molecular formula is C18H37IN4. The first kappa shape index (κ1) is 22.7. The number of likely N-dealkylation sites (tertiary alicyclic amines) is 1. The van der Waals surface area contributed by atoms with Crippen LogP contribution in [0.3, 0.4) is 0 Å². The third kappa shape index (κ3) is 10.2. The molecule has 136 valence electrons. The Morgan fingerprint density at radius 3 is 2.61 bits per heavy atom. The second-order valence-electron chi connectivity index (χ2n) is 6.50.